The van der Waals surface area contributed by atoms with Gasteiger partial charge in [0.2, 0.25) is 5.89 Å². The summed E-state index contributed by atoms with van der Waals surface area (Å²) in [5.41, 5.74) is 6.74. The fourth-order valence-corrected chi connectivity index (χ4v) is 2.46. The van der Waals surface area contributed by atoms with Crippen LogP contribution in [0.2, 0.25) is 10.0 Å². The molecule has 1 saturated carbocycles. The second kappa shape index (κ2) is 5.90. The average molecular weight is 335 g/mol. The highest BCUT2D eigenvalue weighted by molar-refractivity contribution is 6.42. The Morgan fingerprint density at radius 3 is 2.60 bits per heavy atom. The normalized spacial score (nSPS) is 16.4. The predicted molar refractivity (Wildman–Crippen MR) is 80.5 cm³/mol. The molecule has 20 heavy (non-hydrogen) atoms. The molecule has 0 spiro atoms. The minimum Gasteiger partial charge on any atom is -0.339 e. The largest absolute Gasteiger partial charge is 0.339 e. The second-order valence-electron chi connectivity index (χ2n) is 4.95. The van der Waals surface area contributed by atoms with Gasteiger partial charge in [-0.25, -0.2) is 0 Å². The van der Waals surface area contributed by atoms with E-state index in [9.17, 15) is 0 Å². The lowest BCUT2D eigenvalue weighted by Gasteiger charge is -2.34. The van der Waals surface area contributed by atoms with Gasteiger partial charge in [-0.2, -0.15) is 4.98 Å². The predicted octanol–water partition coefficient (Wildman–Crippen LogP) is 3.73. The third kappa shape index (κ3) is 2.93. The number of nitrogens with two attached hydrogens (primary N) is 1. The van der Waals surface area contributed by atoms with Crippen molar-refractivity contribution in [1.29, 1.82) is 0 Å². The highest BCUT2D eigenvalue weighted by atomic mass is 35.5. The molecule has 1 aliphatic carbocycles. The molecule has 108 valence electrons. The molecular formula is C13H14Cl3N3O. The third-order valence-electron chi connectivity index (χ3n) is 3.50. The fourth-order valence-electron chi connectivity index (χ4n) is 2.13. The first-order valence-corrected chi connectivity index (χ1v) is 6.88. The van der Waals surface area contributed by atoms with E-state index in [1.165, 1.54) is 0 Å². The van der Waals surface area contributed by atoms with Gasteiger partial charge in [0, 0.05) is 0 Å². The molecule has 7 heteroatoms. The lowest BCUT2D eigenvalue weighted by atomic mass is 9.77. The molecule has 1 heterocycles. The van der Waals surface area contributed by atoms with E-state index in [1.807, 2.05) is 6.07 Å². The van der Waals surface area contributed by atoms with Crippen molar-refractivity contribution in [2.24, 2.45) is 5.73 Å². The van der Waals surface area contributed by atoms with E-state index in [1.54, 1.807) is 12.1 Å². The Morgan fingerprint density at radius 2 is 2.00 bits per heavy atom. The lowest BCUT2D eigenvalue weighted by molar-refractivity contribution is 0.229. The standard InChI is InChI=1S/C13H13Cl2N3O.ClH/c14-9-3-2-8(6-10(9)15)7-11-17-12(18-19-11)13(16)4-1-5-13;/h2-3,6H,1,4-5,7,16H2;1H. The van der Waals surface area contributed by atoms with Gasteiger partial charge >= 0.3 is 0 Å². The molecule has 3 rings (SSSR count). The molecule has 0 atom stereocenters. The molecule has 0 saturated heterocycles. The van der Waals surface area contributed by atoms with Crippen molar-refractivity contribution in [2.75, 3.05) is 0 Å². The number of aromatic nitrogens is 2. The van der Waals surface area contributed by atoms with Crippen molar-refractivity contribution in [2.45, 2.75) is 31.2 Å². The van der Waals surface area contributed by atoms with E-state index in [2.05, 4.69) is 10.1 Å². The summed E-state index contributed by atoms with van der Waals surface area (Å²) in [5.74, 6) is 1.15. The Kier molecular flexibility index (Phi) is 4.59. The van der Waals surface area contributed by atoms with Crippen molar-refractivity contribution in [1.82, 2.24) is 10.1 Å². The van der Waals surface area contributed by atoms with E-state index in [0.29, 0.717) is 28.2 Å². The van der Waals surface area contributed by atoms with Gasteiger partial charge in [0.15, 0.2) is 5.82 Å². The van der Waals surface area contributed by atoms with E-state index >= 15 is 0 Å². The number of nitrogens with zero attached hydrogens (tertiary/aromatic N) is 2. The van der Waals surface area contributed by atoms with Crippen LogP contribution in [0.15, 0.2) is 22.7 Å². The van der Waals surface area contributed by atoms with Gasteiger partial charge in [-0.15, -0.1) is 12.4 Å². The minimum absolute atomic E-state index is 0. The summed E-state index contributed by atoms with van der Waals surface area (Å²) in [5, 5.41) is 5.03. The van der Waals surface area contributed by atoms with Gasteiger partial charge in [-0.1, -0.05) is 34.4 Å². The molecule has 2 N–H and O–H groups in total. The van der Waals surface area contributed by atoms with Crippen LogP contribution in [0.1, 0.15) is 36.5 Å². The first-order valence-electron chi connectivity index (χ1n) is 6.13. The van der Waals surface area contributed by atoms with Crippen molar-refractivity contribution >= 4 is 35.6 Å². The zero-order chi connectivity index (χ0) is 13.5. The SMILES string of the molecule is Cl.NC1(c2noc(Cc3ccc(Cl)c(Cl)c3)n2)CCC1. The summed E-state index contributed by atoms with van der Waals surface area (Å²) < 4.78 is 5.24. The highest BCUT2D eigenvalue weighted by Gasteiger charge is 2.38. The molecule has 2 aromatic rings. The molecule has 0 aliphatic heterocycles. The van der Waals surface area contributed by atoms with Gasteiger partial charge in [0.25, 0.3) is 0 Å². The number of hydrogen-bond acceptors (Lipinski definition) is 4. The molecule has 0 bridgehead atoms. The zero-order valence-corrected chi connectivity index (χ0v) is 12.9. The molecule has 1 aliphatic rings. The van der Waals surface area contributed by atoms with Crippen molar-refractivity contribution < 1.29 is 4.52 Å². The molecule has 1 aromatic carbocycles. The van der Waals surface area contributed by atoms with Crippen molar-refractivity contribution in [3.63, 3.8) is 0 Å². The van der Waals surface area contributed by atoms with Crippen LogP contribution < -0.4 is 5.73 Å². The zero-order valence-electron chi connectivity index (χ0n) is 10.6. The van der Waals surface area contributed by atoms with Crippen LogP contribution >= 0.6 is 35.6 Å². The van der Waals surface area contributed by atoms with E-state index < -0.39 is 0 Å². The van der Waals surface area contributed by atoms with Crippen LogP contribution in [0.5, 0.6) is 0 Å². The number of hydrogen-bond donors (Lipinski definition) is 1. The molecular weight excluding hydrogens is 321 g/mol. The number of halogens is 3. The maximum absolute atomic E-state index is 6.15. The molecule has 0 amide bonds. The van der Waals surface area contributed by atoms with Crippen LogP contribution in [0.3, 0.4) is 0 Å². The highest BCUT2D eigenvalue weighted by Crippen LogP contribution is 2.37. The maximum atomic E-state index is 6.15. The summed E-state index contributed by atoms with van der Waals surface area (Å²) >= 11 is 11.8. The monoisotopic (exact) mass is 333 g/mol. The first-order chi connectivity index (χ1) is 9.07. The summed E-state index contributed by atoms with van der Waals surface area (Å²) in [6.45, 7) is 0. The number of rotatable bonds is 3. The van der Waals surface area contributed by atoms with Crippen LogP contribution in [0.4, 0.5) is 0 Å². The molecule has 1 aromatic heterocycles. The second-order valence-corrected chi connectivity index (χ2v) is 5.76. The first kappa shape index (κ1) is 15.6. The van der Waals surface area contributed by atoms with Crippen molar-refractivity contribution in [3.8, 4) is 0 Å². The van der Waals surface area contributed by atoms with Gasteiger partial charge in [0.05, 0.1) is 22.0 Å². The van der Waals surface area contributed by atoms with E-state index in [0.717, 1.165) is 24.8 Å². The van der Waals surface area contributed by atoms with Crippen molar-refractivity contribution in [3.05, 3.63) is 45.5 Å². The van der Waals surface area contributed by atoms with Crippen LogP contribution in [-0.4, -0.2) is 10.1 Å². The number of benzene rings is 1. The molecule has 0 unspecified atom stereocenters. The lowest BCUT2D eigenvalue weighted by Crippen LogP contribution is -2.44. The van der Waals surface area contributed by atoms with Crippen LogP contribution in [-0.2, 0) is 12.0 Å². The topological polar surface area (TPSA) is 64.9 Å². The average Bonchev–Trinajstić information content (AvgIpc) is 2.80. The molecule has 1 fully saturated rings. The Morgan fingerprint density at radius 1 is 1.25 bits per heavy atom. The summed E-state index contributed by atoms with van der Waals surface area (Å²) in [6, 6.07) is 5.45. The summed E-state index contributed by atoms with van der Waals surface area (Å²) in [4.78, 5) is 4.37. The Labute approximate surface area is 133 Å². The van der Waals surface area contributed by atoms with Crippen LogP contribution in [0, 0.1) is 0 Å². The van der Waals surface area contributed by atoms with Gasteiger partial charge < -0.3 is 10.3 Å². The fraction of sp³-hybridized carbons (Fsp3) is 0.385. The van der Waals surface area contributed by atoms with Gasteiger partial charge in [-0.3, -0.25) is 0 Å². The Hall–Kier alpha value is -0.810. The van der Waals surface area contributed by atoms with E-state index in [-0.39, 0.29) is 17.9 Å². The smallest absolute Gasteiger partial charge is 0.231 e. The minimum atomic E-state index is -0.389. The van der Waals surface area contributed by atoms with Crippen LogP contribution in [0.25, 0.3) is 0 Å². The molecule has 0 radical (unpaired) electrons. The molecule has 4 nitrogen and oxygen atoms in total. The summed E-state index contributed by atoms with van der Waals surface area (Å²) in [7, 11) is 0. The van der Waals surface area contributed by atoms with E-state index in [4.69, 9.17) is 33.5 Å². The summed E-state index contributed by atoms with van der Waals surface area (Å²) in [6.07, 6.45) is 3.48. The third-order valence-corrected chi connectivity index (χ3v) is 4.24. The Balaban J connectivity index is 0.00000147. The Bertz CT molecular complexity index is 611. The quantitative estimate of drug-likeness (QED) is 0.929. The van der Waals surface area contributed by atoms with Gasteiger partial charge in [-0.05, 0) is 37.0 Å². The maximum Gasteiger partial charge on any atom is 0.231 e. The van der Waals surface area contributed by atoms with Gasteiger partial charge in [0.1, 0.15) is 0 Å².